The van der Waals surface area contributed by atoms with Crippen LogP contribution in [0.5, 0.6) is 0 Å². The van der Waals surface area contributed by atoms with Gasteiger partial charge in [-0.3, -0.25) is 9.78 Å². The molecular weight excluding hydrogens is 278 g/mol. The van der Waals surface area contributed by atoms with Crippen LogP contribution in [0.15, 0.2) is 60.7 Å². The van der Waals surface area contributed by atoms with E-state index in [9.17, 15) is 9.59 Å². The molecule has 1 heterocycles. The highest BCUT2D eigenvalue weighted by atomic mass is 16.4. The Bertz CT molecular complexity index is 871. The van der Waals surface area contributed by atoms with E-state index in [-0.39, 0.29) is 23.3 Å². The van der Waals surface area contributed by atoms with Gasteiger partial charge in [-0.1, -0.05) is 42.5 Å². The van der Waals surface area contributed by atoms with Gasteiger partial charge in [0.05, 0.1) is 17.5 Å². The Kier molecular flexibility index (Phi) is 3.66. The number of benzene rings is 2. The minimum absolute atomic E-state index is 0.0216. The van der Waals surface area contributed by atoms with Gasteiger partial charge in [0.2, 0.25) is 0 Å². The van der Waals surface area contributed by atoms with E-state index < -0.39 is 5.97 Å². The summed E-state index contributed by atoms with van der Waals surface area (Å²) in [6, 6.07) is 17.6. The number of ketones is 1. The number of aromatic carboxylic acids is 1. The highest BCUT2D eigenvalue weighted by Gasteiger charge is 2.16. The quantitative estimate of drug-likeness (QED) is 0.748. The van der Waals surface area contributed by atoms with E-state index in [0.29, 0.717) is 5.69 Å². The van der Waals surface area contributed by atoms with Crippen LogP contribution < -0.4 is 0 Å². The van der Waals surface area contributed by atoms with Crippen LogP contribution in [0.2, 0.25) is 0 Å². The highest BCUT2D eigenvalue weighted by Crippen LogP contribution is 2.15. The fourth-order valence-corrected chi connectivity index (χ4v) is 2.38. The summed E-state index contributed by atoms with van der Waals surface area (Å²) in [7, 11) is 0. The summed E-state index contributed by atoms with van der Waals surface area (Å²) in [6.07, 6.45) is 0.0785. The first-order valence-corrected chi connectivity index (χ1v) is 6.85. The molecule has 0 aliphatic rings. The lowest BCUT2D eigenvalue weighted by atomic mass is 10.00. The number of hydrogen-bond acceptors (Lipinski definition) is 3. The fourth-order valence-electron chi connectivity index (χ4n) is 2.38. The molecule has 0 fully saturated rings. The largest absolute Gasteiger partial charge is 0.478 e. The van der Waals surface area contributed by atoms with Crippen molar-refractivity contribution in [2.75, 3.05) is 0 Å². The summed E-state index contributed by atoms with van der Waals surface area (Å²) in [6.45, 7) is 0. The number of rotatable bonds is 4. The van der Waals surface area contributed by atoms with Crippen molar-refractivity contribution in [1.82, 2.24) is 4.98 Å². The molecule has 0 saturated heterocycles. The Morgan fingerprint density at radius 3 is 2.32 bits per heavy atom. The summed E-state index contributed by atoms with van der Waals surface area (Å²) in [4.78, 5) is 28.0. The predicted molar refractivity (Wildman–Crippen MR) is 83.2 cm³/mol. The zero-order valence-electron chi connectivity index (χ0n) is 11.7. The maximum absolute atomic E-state index is 12.4. The minimum atomic E-state index is -1.10. The van der Waals surface area contributed by atoms with E-state index in [4.69, 9.17) is 5.11 Å². The number of para-hydroxylation sites is 1. The van der Waals surface area contributed by atoms with E-state index in [1.54, 1.807) is 18.2 Å². The smallest absolute Gasteiger partial charge is 0.336 e. The molecule has 0 spiro atoms. The predicted octanol–water partition coefficient (Wildman–Crippen LogP) is 3.36. The van der Waals surface area contributed by atoms with Gasteiger partial charge in [0.25, 0.3) is 0 Å². The molecular formula is C18H13NO3. The van der Waals surface area contributed by atoms with Crippen molar-refractivity contribution in [3.05, 3.63) is 77.5 Å². The van der Waals surface area contributed by atoms with Crippen LogP contribution in [0.4, 0.5) is 0 Å². The molecule has 0 aliphatic heterocycles. The number of carbonyl (C=O) groups excluding carboxylic acids is 1. The van der Waals surface area contributed by atoms with Crippen molar-refractivity contribution in [1.29, 1.82) is 0 Å². The molecule has 4 heteroatoms. The van der Waals surface area contributed by atoms with Gasteiger partial charge >= 0.3 is 5.97 Å². The number of pyridine rings is 1. The highest BCUT2D eigenvalue weighted by molar-refractivity contribution is 6.06. The molecule has 0 bridgehead atoms. The number of carboxylic acid groups (broad SMARTS) is 1. The third-order valence-corrected chi connectivity index (χ3v) is 3.46. The van der Waals surface area contributed by atoms with E-state index in [1.165, 1.54) is 12.1 Å². The van der Waals surface area contributed by atoms with Crippen molar-refractivity contribution in [2.45, 2.75) is 6.42 Å². The van der Waals surface area contributed by atoms with Crippen LogP contribution in [0.3, 0.4) is 0 Å². The number of aromatic nitrogens is 1. The Labute approximate surface area is 127 Å². The minimum Gasteiger partial charge on any atom is -0.478 e. The summed E-state index contributed by atoms with van der Waals surface area (Å²) in [5.74, 6) is -1.35. The molecule has 1 N–H and O–H groups in total. The lowest BCUT2D eigenvalue weighted by Crippen LogP contribution is -2.11. The van der Waals surface area contributed by atoms with E-state index >= 15 is 0 Å². The normalized spacial score (nSPS) is 10.5. The molecule has 2 aromatic carbocycles. The number of fused-ring (bicyclic) bond motifs is 1. The fraction of sp³-hybridized carbons (Fsp3) is 0.0556. The van der Waals surface area contributed by atoms with Crippen LogP contribution in [-0.2, 0) is 6.42 Å². The van der Waals surface area contributed by atoms with Crippen LogP contribution in [0.25, 0.3) is 10.9 Å². The maximum atomic E-state index is 12.4. The second-order valence-electron chi connectivity index (χ2n) is 4.95. The van der Waals surface area contributed by atoms with Gasteiger partial charge in [-0.05, 0) is 18.2 Å². The van der Waals surface area contributed by atoms with Crippen LogP contribution in [-0.4, -0.2) is 21.8 Å². The molecule has 3 aromatic rings. The monoisotopic (exact) mass is 291 g/mol. The number of carboxylic acids is 1. The molecule has 0 aliphatic carbocycles. The molecule has 3 rings (SSSR count). The SMILES string of the molecule is O=C(O)c1ccccc1C(=O)Cc1ccc2ccccc2n1. The third kappa shape index (κ3) is 2.72. The van der Waals surface area contributed by atoms with Crippen molar-refractivity contribution in [3.8, 4) is 0 Å². The van der Waals surface area contributed by atoms with E-state index in [0.717, 1.165) is 10.9 Å². The van der Waals surface area contributed by atoms with Crippen molar-refractivity contribution >= 4 is 22.7 Å². The molecule has 0 atom stereocenters. The first kappa shape index (κ1) is 13.9. The second kappa shape index (κ2) is 5.77. The molecule has 0 unspecified atom stereocenters. The first-order valence-electron chi connectivity index (χ1n) is 6.85. The number of carbonyl (C=O) groups is 2. The van der Waals surface area contributed by atoms with Gasteiger partial charge in [-0.2, -0.15) is 0 Å². The summed E-state index contributed by atoms with van der Waals surface area (Å²) < 4.78 is 0. The molecule has 4 nitrogen and oxygen atoms in total. The van der Waals surface area contributed by atoms with Crippen molar-refractivity contribution in [3.63, 3.8) is 0 Å². The van der Waals surface area contributed by atoms with Crippen molar-refractivity contribution in [2.24, 2.45) is 0 Å². The van der Waals surface area contributed by atoms with Gasteiger partial charge in [0.1, 0.15) is 0 Å². The standard InChI is InChI=1S/C18H13NO3/c20-17(14-6-2-3-7-15(14)18(21)22)11-13-10-9-12-5-1-4-8-16(12)19-13/h1-10H,11H2,(H,21,22). The number of nitrogens with zero attached hydrogens (tertiary/aromatic N) is 1. The topological polar surface area (TPSA) is 67.3 Å². The van der Waals surface area contributed by atoms with Gasteiger partial charge < -0.3 is 5.11 Å². The Morgan fingerprint density at radius 2 is 1.55 bits per heavy atom. The average molecular weight is 291 g/mol. The second-order valence-corrected chi connectivity index (χ2v) is 4.95. The number of hydrogen-bond donors (Lipinski definition) is 1. The lowest BCUT2D eigenvalue weighted by molar-refractivity contribution is 0.0692. The zero-order valence-corrected chi connectivity index (χ0v) is 11.7. The first-order chi connectivity index (χ1) is 10.6. The Morgan fingerprint density at radius 1 is 0.864 bits per heavy atom. The molecule has 1 aromatic heterocycles. The third-order valence-electron chi connectivity index (χ3n) is 3.46. The number of Topliss-reactive ketones (excluding diaryl/α,β-unsaturated/α-hetero) is 1. The van der Waals surface area contributed by atoms with Gasteiger partial charge in [0.15, 0.2) is 5.78 Å². The maximum Gasteiger partial charge on any atom is 0.336 e. The van der Waals surface area contributed by atoms with Crippen LogP contribution in [0.1, 0.15) is 26.4 Å². The average Bonchev–Trinajstić information content (AvgIpc) is 2.54. The lowest BCUT2D eigenvalue weighted by Gasteiger charge is -2.06. The van der Waals surface area contributed by atoms with E-state index in [2.05, 4.69) is 4.98 Å². The Hall–Kier alpha value is -3.01. The molecule has 0 amide bonds. The zero-order chi connectivity index (χ0) is 15.5. The van der Waals surface area contributed by atoms with Gasteiger partial charge in [0, 0.05) is 16.6 Å². The summed E-state index contributed by atoms with van der Waals surface area (Å²) in [5.41, 5.74) is 1.68. The molecule has 0 radical (unpaired) electrons. The summed E-state index contributed by atoms with van der Waals surface area (Å²) >= 11 is 0. The van der Waals surface area contributed by atoms with Crippen LogP contribution >= 0.6 is 0 Å². The van der Waals surface area contributed by atoms with E-state index in [1.807, 2.05) is 30.3 Å². The molecule has 0 saturated carbocycles. The molecule has 108 valence electrons. The summed E-state index contributed by atoms with van der Waals surface area (Å²) in [5, 5.41) is 10.2. The molecule has 22 heavy (non-hydrogen) atoms. The Balaban J connectivity index is 1.91. The van der Waals surface area contributed by atoms with Crippen molar-refractivity contribution < 1.29 is 14.7 Å². The van der Waals surface area contributed by atoms with Gasteiger partial charge in [-0.15, -0.1) is 0 Å². The van der Waals surface area contributed by atoms with Crippen LogP contribution in [0, 0.1) is 0 Å². The van der Waals surface area contributed by atoms with Gasteiger partial charge in [-0.25, -0.2) is 4.79 Å².